The van der Waals surface area contributed by atoms with Crippen LogP contribution in [0.4, 0.5) is 0 Å². The lowest BCUT2D eigenvalue weighted by Crippen LogP contribution is -2.31. The molecule has 8 heteroatoms. The largest absolute Gasteiger partial charge is 0.389 e. The van der Waals surface area contributed by atoms with E-state index in [0.717, 1.165) is 13.1 Å². The lowest BCUT2D eigenvalue weighted by molar-refractivity contribution is -0.0238. The molecule has 8 nitrogen and oxygen atoms in total. The number of rotatable bonds is 39. The number of unbranched alkanes of at least 4 members (excludes halogenated alkanes) is 18. The number of ether oxygens (including phenoxy) is 4. The van der Waals surface area contributed by atoms with Crippen LogP contribution in [0.3, 0.4) is 0 Å². The average Bonchev–Trinajstić information content (AvgIpc) is 3.02. The van der Waals surface area contributed by atoms with Crippen LogP contribution < -0.4 is 10.6 Å². The summed E-state index contributed by atoms with van der Waals surface area (Å²) in [7, 11) is 0. The van der Waals surface area contributed by atoms with E-state index in [1.807, 2.05) is 0 Å². The number of hydrogen-bond acceptors (Lipinski definition) is 8. The summed E-state index contributed by atoms with van der Waals surface area (Å²) in [6.45, 7) is 11.1. The van der Waals surface area contributed by atoms with E-state index in [2.05, 4.69) is 24.5 Å². The molecule has 0 aromatic heterocycles. The van der Waals surface area contributed by atoms with Gasteiger partial charge in [0.2, 0.25) is 0 Å². The fourth-order valence-corrected chi connectivity index (χ4v) is 5.13. The van der Waals surface area contributed by atoms with Crippen molar-refractivity contribution in [3.63, 3.8) is 0 Å². The van der Waals surface area contributed by atoms with Crippen LogP contribution in [-0.4, -0.2) is 101 Å². The molecule has 0 heterocycles. The van der Waals surface area contributed by atoms with Gasteiger partial charge in [-0.3, -0.25) is 0 Å². The lowest BCUT2D eigenvalue weighted by Gasteiger charge is -2.13. The maximum Gasteiger partial charge on any atom is 0.0897 e. The van der Waals surface area contributed by atoms with E-state index < -0.39 is 12.2 Å². The molecule has 0 aromatic carbocycles. The van der Waals surface area contributed by atoms with Crippen LogP contribution in [-0.2, 0) is 18.9 Å². The van der Waals surface area contributed by atoms with E-state index in [9.17, 15) is 10.2 Å². The molecular formula is C36H76N2O6. The third-order valence-corrected chi connectivity index (χ3v) is 7.91. The van der Waals surface area contributed by atoms with Crippen LogP contribution in [0, 0.1) is 0 Å². The number of aliphatic hydroxyl groups is 2. The van der Waals surface area contributed by atoms with Gasteiger partial charge in [0.15, 0.2) is 0 Å². The molecule has 0 rings (SSSR count). The summed E-state index contributed by atoms with van der Waals surface area (Å²) in [4.78, 5) is 0. The van der Waals surface area contributed by atoms with Crippen LogP contribution in [0.1, 0.15) is 142 Å². The Labute approximate surface area is 273 Å². The van der Waals surface area contributed by atoms with Gasteiger partial charge in [0.1, 0.15) is 0 Å². The first-order valence-electron chi connectivity index (χ1n) is 18.8. The van der Waals surface area contributed by atoms with Crippen molar-refractivity contribution < 1.29 is 29.2 Å². The maximum atomic E-state index is 10.0. The molecule has 4 N–H and O–H groups in total. The third-order valence-electron chi connectivity index (χ3n) is 7.91. The average molecular weight is 633 g/mol. The summed E-state index contributed by atoms with van der Waals surface area (Å²) in [5.41, 5.74) is 0. The van der Waals surface area contributed by atoms with Crippen molar-refractivity contribution in [3.05, 3.63) is 0 Å². The predicted octanol–water partition coefficient (Wildman–Crippen LogP) is 6.80. The molecule has 0 saturated heterocycles. The summed E-state index contributed by atoms with van der Waals surface area (Å²) >= 11 is 0. The van der Waals surface area contributed by atoms with Crippen molar-refractivity contribution in [2.75, 3.05) is 79.0 Å². The number of hydrogen-bond donors (Lipinski definition) is 4. The van der Waals surface area contributed by atoms with Crippen molar-refractivity contribution in [2.24, 2.45) is 0 Å². The van der Waals surface area contributed by atoms with Gasteiger partial charge in [0.05, 0.1) is 65.1 Å². The van der Waals surface area contributed by atoms with Gasteiger partial charge in [0, 0.05) is 13.1 Å². The van der Waals surface area contributed by atoms with E-state index in [-0.39, 0.29) is 0 Å². The highest BCUT2D eigenvalue weighted by Gasteiger charge is 2.05. The van der Waals surface area contributed by atoms with Gasteiger partial charge in [-0.2, -0.15) is 0 Å². The second-order valence-electron chi connectivity index (χ2n) is 12.5. The van der Waals surface area contributed by atoms with E-state index in [4.69, 9.17) is 18.9 Å². The summed E-state index contributed by atoms with van der Waals surface area (Å²) in [6, 6.07) is 0. The Morgan fingerprint density at radius 3 is 0.977 bits per heavy atom. The predicted molar refractivity (Wildman–Crippen MR) is 185 cm³/mol. The van der Waals surface area contributed by atoms with E-state index in [1.54, 1.807) is 0 Å². The van der Waals surface area contributed by atoms with E-state index in [0.29, 0.717) is 65.9 Å². The summed E-state index contributed by atoms with van der Waals surface area (Å²) < 4.78 is 22.0. The quantitative estimate of drug-likeness (QED) is 0.0550. The zero-order valence-corrected chi connectivity index (χ0v) is 29.3. The molecule has 0 radical (unpaired) electrons. The lowest BCUT2D eigenvalue weighted by atomic mass is 10.1. The van der Waals surface area contributed by atoms with Crippen LogP contribution in [0.2, 0.25) is 0 Å². The van der Waals surface area contributed by atoms with Gasteiger partial charge in [-0.15, -0.1) is 0 Å². The molecule has 0 spiro atoms. The SMILES string of the molecule is CCCCCCCCCCCCNCC(O)COCCOCCOCCOCC(O)CNCCCCCCCCCCCC. The monoisotopic (exact) mass is 633 g/mol. The molecule has 2 unspecified atom stereocenters. The summed E-state index contributed by atoms with van der Waals surface area (Å²) in [5.74, 6) is 0. The highest BCUT2D eigenvalue weighted by atomic mass is 16.6. The minimum absolute atomic E-state index is 0.322. The molecule has 0 aliphatic rings. The molecule has 0 aromatic rings. The molecule has 0 bridgehead atoms. The van der Waals surface area contributed by atoms with E-state index >= 15 is 0 Å². The zero-order valence-electron chi connectivity index (χ0n) is 29.3. The van der Waals surface area contributed by atoms with Crippen molar-refractivity contribution >= 4 is 0 Å². The summed E-state index contributed by atoms with van der Waals surface area (Å²) in [6.07, 6.45) is 25.8. The molecule has 44 heavy (non-hydrogen) atoms. The highest BCUT2D eigenvalue weighted by Crippen LogP contribution is 2.11. The summed E-state index contributed by atoms with van der Waals surface area (Å²) in [5, 5.41) is 26.7. The zero-order chi connectivity index (χ0) is 32.0. The maximum absolute atomic E-state index is 10.0. The Morgan fingerprint density at radius 1 is 0.386 bits per heavy atom. The first-order valence-corrected chi connectivity index (χ1v) is 18.8. The first kappa shape index (κ1) is 43.7. The van der Waals surface area contributed by atoms with Crippen molar-refractivity contribution in [1.29, 1.82) is 0 Å². The highest BCUT2D eigenvalue weighted by molar-refractivity contribution is 4.60. The van der Waals surface area contributed by atoms with Crippen molar-refractivity contribution in [3.8, 4) is 0 Å². The molecular weight excluding hydrogens is 556 g/mol. The standard InChI is InChI=1S/C36H76N2O6/c1-3-5-7-9-11-13-15-17-19-21-23-37-31-35(39)33-43-29-27-41-25-26-42-28-30-44-34-36(40)32-38-24-22-20-18-16-14-12-10-8-6-4-2/h35-40H,3-34H2,1-2H3. The molecule has 2 atom stereocenters. The van der Waals surface area contributed by atoms with E-state index in [1.165, 1.54) is 128 Å². The third kappa shape index (κ3) is 37.9. The Kier molecular flexibility index (Phi) is 38.6. The van der Waals surface area contributed by atoms with Crippen LogP contribution >= 0.6 is 0 Å². The number of aliphatic hydroxyl groups excluding tert-OH is 2. The topological polar surface area (TPSA) is 101 Å². The fraction of sp³-hybridized carbons (Fsp3) is 1.00. The van der Waals surface area contributed by atoms with Crippen LogP contribution in [0.5, 0.6) is 0 Å². The van der Waals surface area contributed by atoms with Gasteiger partial charge < -0.3 is 39.8 Å². The molecule has 0 aliphatic heterocycles. The van der Waals surface area contributed by atoms with Gasteiger partial charge in [-0.1, -0.05) is 129 Å². The fourth-order valence-electron chi connectivity index (χ4n) is 5.13. The Balaban J connectivity index is 3.21. The van der Waals surface area contributed by atoms with Gasteiger partial charge in [0.25, 0.3) is 0 Å². The molecule has 0 aliphatic carbocycles. The molecule has 0 saturated carbocycles. The molecule has 0 amide bonds. The Morgan fingerprint density at radius 2 is 0.659 bits per heavy atom. The molecule has 266 valence electrons. The van der Waals surface area contributed by atoms with Crippen LogP contribution in [0.15, 0.2) is 0 Å². The van der Waals surface area contributed by atoms with Crippen LogP contribution in [0.25, 0.3) is 0 Å². The van der Waals surface area contributed by atoms with Gasteiger partial charge in [-0.25, -0.2) is 0 Å². The second-order valence-corrected chi connectivity index (χ2v) is 12.5. The van der Waals surface area contributed by atoms with Crippen molar-refractivity contribution in [1.82, 2.24) is 10.6 Å². The molecule has 0 fully saturated rings. The van der Waals surface area contributed by atoms with Crippen molar-refractivity contribution in [2.45, 2.75) is 154 Å². The Hall–Kier alpha value is -0.320. The second kappa shape index (κ2) is 38.9. The Bertz CT molecular complexity index is 473. The first-order chi connectivity index (χ1) is 21.7. The van der Waals surface area contributed by atoms with Gasteiger partial charge in [-0.05, 0) is 25.9 Å². The minimum Gasteiger partial charge on any atom is -0.389 e. The smallest absolute Gasteiger partial charge is 0.0897 e. The minimum atomic E-state index is -0.486. The number of nitrogens with one attached hydrogen (secondary N) is 2. The van der Waals surface area contributed by atoms with Gasteiger partial charge >= 0.3 is 0 Å². The normalized spacial score (nSPS) is 13.1.